The maximum absolute atomic E-state index is 10.4. The van der Waals surface area contributed by atoms with E-state index in [2.05, 4.69) is 142 Å². The molecule has 344 valence electrons. The number of aliphatic hydroxyl groups excluding tert-OH is 6. The van der Waals surface area contributed by atoms with Crippen LogP contribution in [0.15, 0.2) is 130 Å². The van der Waals surface area contributed by atoms with Crippen molar-refractivity contribution < 1.29 is 49.6 Å². The molecular weight excluding hydrogens is 785 g/mol. The van der Waals surface area contributed by atoms with Gasteiger partial charge in [-0.1, -0.05) is 146 Å². The van der Waals surface area contributed by atoms with Gasteiger partial charge >= 0.3 is 0 Å². The van der Waals surface area contributed by atoms with Gasteiger partial charge in [0.2, 0.25) is 0 Å². The number of rotatable bonds is 14. The average molecular weight is 861 g/mol. The number of ether oxygens (including phenoxy) is 4. The van der Waals surface area contributed by atoms with Crippen molar-refractivity contribution in [3.05, 3.63) is 130 Å². The zero-order chi connectivity index (χ0) is 46.1. The third-order valence-electron chi connectivity index (χ3n) is 12.5. The molecule has 2 fully saturated rings. The smallest absolute Gasteiger partial charge is 0.186 e. The van der Waals surface area contributed by atoms with Crippen LogP contribution in [0.5, 0.6) is 0 Å². The summed E-state index contributed by atoms with van der Waals surface area (Å²) in [7, 11) is 0. The zero-order valence-electron chi connectivity index (χ0n) is 39.2. The molecule has 0 unspecified atom stereocenters. The van der Waals surface area contributed by atoms with Crippen LogP contribution in [0.4, 0.5) is 0 Å². The molecule has 62 heavy (non-hydrogen) atoms. The molecule has 0 bridgehead atoms. The van der Waals surface area contributed by atoms with Crippen molar-refractivity contribution in [1.82, 2.24) is 0 Å². The van der Waals surface area contributed by atoms with E-state index in [1.807, 2.05) is 12.2 Å². The molecule has 2 aliphatic carbocycles. The Balaban J connectivity index is 1.25. The molecule has 2 saturated heterocycles. The molecule has 0 aromatic heterocycles. The third kappa shape index (κ3) is 14.1. The Morgan fingerprint density at radius 2 is 0.823 bits per heavy atom. The van der Waals surface area contributed by atoms with Crippen LogP contribution >= 0.6 is 0 Å². The van der Waals surface area contributed by atoms with E-state index in [1.54, 1.807) is 13.8 Å². The van der Waals surface area contributed by atoms with Crippen LogP contribution in [-0.4, -0.2) is 104 Å². The summed E-state index contributed by atoms with van der Waals surface area (Å²) in [5, 5.41) is 61.4. The number of hydrogen-bond donors (Lipinski definition) is 6. The lowest BCUT2D eigenvalue weighted by atomic mass is 9.71. The molecule has 12 atom stereocenters. The zero-order valence-corrected chi connectivity index (χ0v) is 39.2. The summed E-state index contributed by atoms with van der Waals surface area (Å²) in [6.07, 6.45) is 21.1. The van der Waals surface area contributed by atoms with Gasteiger partial charge in [0, 0.05) is 0 Å². The van der Waals surface area contributed by atoms with E-state index in [-0.39, 0.29) is 23.0 Å². The Hall–Kier alpha value is -3.26. The highest BCUT2D eigenvalue weighted by Crippen LogP contribution is 2.44. The summed E-state index contributed by atoms with van der Waals surface area (Å²) in [6, 6.07) is 0. The van der Waals surface area contributed by atoms with E-state index in [1.165, 1.54) is 22.3 Å². The van der Waals surface area contributed by atoms with Gasteiger partial charge in [-0.25, -0.2) is 0 Å². The average Bonchev–Trinajstić information content (AvgIpc) is 3.17. The largest absolute Gasteiger partial charge is 0.388 e. The van der Waals surface area contributed by atoms with Crippen LogP contribution in [0.1, 0.15) is 109 Å². The van der Waals surface area contributed by atoms with E-state index in [9.17, 15) is 30.6 Å². The van der Waals surface area contributed by atoms with Crippen molar-refractivity contribution in [2.75, 3.05) is 0 Å². The van der Waals surface area contributed by atoms with Gasteiger partial charge in [0.25, 0.3) is 0 Å². The SMILES string of the molecule is CC1=C(/C=C/C(C)=C/C=C/C(C)=C/C=C/C=C(C)/C=C/C=C(C)/C=C/C2=C(C)C[C@@H](O[C@@H]3O[C@@H](C)[C@H](O)[C@@H](O)[C@@H]3O)CC2(C)C)C(C)(C)C[C@H](O[C@@H]2O[C@@H](C)[C@H](O)[C@@H](O)[C@@H]2O)C1. The van der Waals surface area contributed by atoms with Gasteiger partial charge in [-0.05, 0) is 103 Å². The first-order chi connectivity index (χ1) is 29.0. The quantitative estimate of drug-likeness (QED) is 0.0940. The van der Waals surface area contributed by atoms with Crippen molar-refractivity contribution in [2.45, 2.75) is 182 Å². The lowest BCUT2D eigenvalue weighted by molar-refractivity contribution is -0.305. The number of hydrogen-bond acceptors (Lipinski definition) is 10. The molecule has 0 saturated carbocycles. The molecule has 0 spiro atoms. The van der Waals surface area contributed by atoms with E-state index < -0.39 is 61.4 Å². The molecule has 0 aromatic carbocycles. The highest BCUT2D eigenvalue weighted by Gasteiger charge is 2.46. The summed E-state index contributed by atoms with van der Waals surface area (Å²) in [4.78, 5) is 0. The van der Waals surface area contributed by atoms with Gasteiger partial charge in [0.1, 0.15) is 36.6 Å². The molecule has 10 nitrogen and oxygen atoms in total. The maximum atomic E-state index is 10.4. The van der Waals surface area contributed by atoms with Crippen molar-refractivity contribution in [1.29, 1.82) is 0 Å². The molecule has 2 heterocycles. The summed E-state index contributed by atoms with van der Waals surface area (Å²) in [5.74, 6) is 0. The number of allylic oxidation sites excluding steroid dienone is 20. The van der Waals surface area contributed by atoms with Crippen molar-refractivity contribution in [2.24, 2.45) is 10.8 Å². The van der Waals surface area contributed by atoms with E-state index in [4.69, 9.17) is 18.9 Å². The molecule has 0 aromatic rings. The molecule has 6 N–H and O–H groups in total. The van der Waals surface area contributed by atoms with Crippen LogP contribution in [0.25, 0.3) is 0 Å². The predicted octanol–water partition coefficient (Wildman–Crippen LogP) is 8.25. The first-order valence-electron chi connectivity index (χ1n) is 22.2. The van der Waals surface area contributed by atoms with E-state index >= 15 is 0 Å². The van der Waals surface area contributed by atoms with Crippen LogP contribution in [0.3, 0.4) is 0 Å². The number of aliphatic hydroxyl groups is 6. The fourth-order valence-corrected chi connectivity index (χ4v) is 8.89. The topological polar surface area (TPSA) is 158 Å². The molecular formula is C52H76O10. The Labute approximate surface area is 371 Å². The highest BCUT2D eigenvalue weighted by atomic mass is 16.7. The molecule has 2 aliphatic heterocycles. The minimum atomic E-state index is -1.31. The summed E-state index contributed by atoms with van der Waals surface area (Å²) in [6.45, 7) is 24.6. The van der Waals surface area contributed by atoms with Gasteiger partial charge in [-0.2, -0.15) is 0 Å². The van der Waals surface area contributed by atoms with Gasteiger partial charge < -0.3 is 49.6 Å². The van der Waals surface area contributed by atoms with Crippen molar-refractivity contribution >= 4 is 0 Å². The van der Waals surface area contributed by atoms with Crippen LogP contribution < -0.4 is 0 Å². The molecule has 10 heteroatoms. The Morgan fingerprint density at radius 1 is 0.500 bits per heavy atom. The maximum Gasteiger partial charge on any atom is 0.186 e. The van der Waals surface area contributed by atoms with Crippen LogP contribution in [0.2, 0.25) is 0 Å². The van der Waals surface area contributed by atoms with Gasteiger partial charge in [-0.3, -0.25) is 0 Å². The van der Waals surface area contributed by atoms with Crippen LogP contribution in [0, 0.1) is 10.8 Å². The summed E-state index contributed by atoms with van der Waals surface area (Å²) in [5.41, 5.74) is 9.11. The fourth-order valence-electron chi connectivity index (χ4n) is 8.89. The second-order valence-electron chi connectivity index (χ2n) is 19.3. The normalized spacial score (nSPS) is 35.8. The van der Waals surface area contributed by atoms with Crippen molar-refractivity contribution in [3.63, 3.8) is 0 Å². The summed E-state index contributed by atoms with van der Waals surface area (Å²) < 4.78 is 23.7. The standard InChI is InChI=1S/C52H76O10/c1-31(19-15-21-33(3)23-25-41-35(5)27-39(29-51(41,9)10)61-49-47(57)45(55)43(53)37(7)59-49)17-13-14-18-32(2)20-16-22-34(4)24-26-42-36(6)28-40(30-52(42,11)12)62-50-48(58)46(56)44(54)38(8)60-50/h13-26,37-40,43-50,53-58H,27-30H2,1-12H3/b14-13+,19-15+,20-16+,25-23+,26-24+,31-17+,32-18+,33-21+,34-22+/t37-,38-,39+,40+,43-,44-,45+,46+,47-,48-,49-,50-/m0/s1. The molecule has 0 amide bonds. The fraction of sp³-hybridized carbons (Fsp3) is 0.577. The van der Waals surface area contributed by atoms with Gasteiger partial charge in [0.05, 0.1) is 24.4 Å². The van der Waals surface area contributed by atoms with E-state index in [0.717, 1.165) is 35.1 Å². The Kier molecular flexibility index (Phi) is 18.7. The summed E-state index contributed by atoms with van der Waals surface area (Å²) >= 11 is 0. The first-order valence-corrected chi connectivity index (χ1v) is 22.2. The monoisotopic (exact) mass is 861 g/mol. The minimum Gasteiger partial charge on any atom is -0.388 e. The third-order valence-corrected chi connectivity index (χ3v) is 12.5. The minimum absolute atomic E-state index is 0.170. The van der Waals surface area contributed by atoms with Crippen LogP contribution in [-0.2, 0) is 18.9 Å². The lowest BCUT2D eigenvalue weighted by Gasteiger charge is -2.43. The Bertz CT molecular complexity index is 1750. The van der Waals surface area contributed by atoms with Gasteiger partial charge in [-0.15, -0.1) is 0 Å². The van der Waals surface area contributed by atoms with Crippen molar-refractivity contribution in [3.8, 4) is 0 Å². The second-order valence-corrected chi connectivity index (χ2v) is 19.3. The lowest BCUT2D eigenvalue weighted by Crippen LogP contribution is -2.58. The second kappa shape index (κ2) is 22.6. The molecule has 0 radical (unpaired) electrons. The highest BCUT2D eigenvalue weighted by molar-refractivity contribution is 5.39. The van der Waals surface area contributed by atoms with E-state index in [0.29, 0.717) is 12.8 Å². The van der Waals surface area contributed by atoms with Gasteiger partial charge in [0.15, 0.2) is 12.6 Å². The predicted molar refractivity (Wildman–Crippen MR) is 247 cm³/mol. The Morgan fingerprint density at radius 3 is 1.16 bits per heavy atom. The molecule has 4 aliphatic rings. The molecule has 4 rings (SSSR count). The first kappa shape index (κ1) is 51.4.